The summed E-state index contributed by atoms with van der Waals surface area (Å²) < 4.78 is 18.2. The van der Waals surface area contributed by atoms with Crippen molar-refractivity contribution in [1.82, 2.24) is 30.1 Å². The molecule has 0 bridgehead atoms. The van der Waals surface area contributed by atoms with Gasteiger partial charge in [0.1, 0.15) is 17.6 Å². The third-order valence-electron chi connectivity index (χ3n) is 6.75. The smallest absolute Gasteiger partial charge is 0.253 e. The van der Waals surface area contributed by atoms with E-state index in [0.29, 0.717) is 37.6 Å². The molecule has 0 spiro atoms. The Bertz CT molecular complexity index is 1610. The monoisotopic (exact) mass is 528 g/mol. The molecule has 10 heteroatoms. The van der Waals surface area contributed by atoms with E-state index in [1.807, 2.05) is 56.3 Å². The highest BCUT2D eigenvalue weighted by molar-refractivity contribution is 5.83. The van der Waals surface area contributed by atoms with Crippen molar-refractivity contribution in [3.05, 3.63) is 105 Å². The SMILES string of the molecule is COCCn1nnnc1[C@H](c1cc2cc(C)cc(C)c2[nH]c1=O)N(Cc1cccc(OC)c1)Cc1ccco1. The molecule has 0 aliphatic rings. The van der Waals surface area contributed by atoms with Crippen molar-refractivity contribution in [3.8, 4) is 5.75 Å². The van der Waals surface area contributed by atoms with Gasteiger partial charge in [-0.25, -0.2) is 4.68 Å². The van der Waals surface area contributed by atoms with E-state index < -0.39 is 6.04 Å². The predicted molar refractivity (Wildman–Crippen MR) is 147 cm³/mol. The van der Waals surface area contributed by atoms with Gasteiger partial charge < -0.3 is 18.9 Å². The molecular weight excluding hydrogens is 496 g/mol. The number of benzene rings is 2. The normalized spacial score (nSPS) is 12.3. The average molecular weight is 529 g/mol. The minimum absolute atomic E-state index is 0.198. The lowest BCUT2D eigenvalue weighted by Crippen LogP contribution is -2.35. The van der Waals surface area contributed by atoms with Gasteiger partial charge >= 0.3 is 0 Å². The number of pyridine rings is 1. The van der Waals surface area contributed by atoms with Gasteiger partial charge in [-0.05, 0) is 77.2 Å². The van der Waals surface area contributed by atoms with Crippen molar-refractivity contribution in [1.29, 1.82) is 0 Å². The van der Waals surface area contributed by atoms with Crippen LogP contribution in [0.5, 0.6) is 5.75 Å². The second-order valence-corrected chi connectivity index (χ2v) is 9.59. The molecule has 39 heavy (non-hydrogen) atoms. The second-order valence-electron chi connectivity index (χ2n) is 9.59. The topological polar surface area (TPSA) is 111 Å². The van der Waals surface area contributed by atoms with Crippen LogP contribution in [0.15, 0.2) is 70.1 Å². The first-order valence-electron chi connectivity index (χ1n) is 12.8. The average Bonchev–Trinajstić information content (AvgIpc) is 3.61. The third-order valence-corrected chi connectivity index (χ3v) is 6.75. The zero-order valence-electron chi connectivity index (χ0n) is 22.5. The fourth-order valence-electron chi connectivity index (χ4n) is 5.00. The van der Waals surface area contributed by atoms with Crippen LogP contribution in [0, 0.1) is 13.8 Å². The summed E-state index contributed by atoms with van der Waals surface area (Å²) in [5, 5.41) is 13.6. The maximum absolute atomic E-state index is 13.8. The zero-order valence-corrected chi connectivity index (χ0v) is 22.5. The number of aromatic nitrogens is 5. The van der Waals surface area contributed by atoms with Crippen molar-refractivity contribution in [3.63, 3.8) is 0 Å². The van der Waals surface area contributed by atoms with Gasteiger partial charge in [0.05, 0.1) is 38.6 Å². The van der Waals surface area contributed by atoms with E-state index in [4.69, 9.17) is 13.9 Å². The van der Waals surface area contributed by atoms with Crippen molar-refractivity contribution < 1.29 is 13.9 Å². The maximum atomic E-state index is 13.8. The van der Waals surface area contributed by atoms with Crippen molar-refractivity contribution in [2.45, 2.75) is 39.5 Å². The van der Waals surface area contributed by atoms with E-state index in [2.05, 4.69) is 37.5 Å². The van der Waals surface area contributed by atoms with E-state index in [1.54, 1.807) is 25.2 Å². The van der Waals surface area contributed by atoms with E-state index in [1.165, 1.54) is 0 Å². The fraction of sp³-hybridized carbons (Fsp3) is 0.310. The molecule has 3 aromatic heterocycles. The molecule has 5 rings (SSSR count). The first kappa shape index (κ1) is 26.3. The molecule has 2 aromatic carbocycles. The van der Waals surface area contributed by atoms with Gasteiger partial charge in [0.15, 0.2) is 5.82 Å². The van der Waals surface area contributed by atoms with Gasteiger partial charge in [0.25, 0.3) is 5.56 Å². The van der Waals surface area contributed by atoms with Crippen LogP contribution in [-0.2, 0) is 24.4 Å². The van der Waals surface area contributed by atoms with Crippen LogP contribution in [0.4, 0.5) is 0 Å². The summed E-state index contributed by atoms with van der Waals surface area (Å²) in [7, 11) is 3.28. The minimum atomic E-state index is -0.595. The molecule has 202 valence electrons. The highest BCUT2D eigenvalue weighted by Gasteiger charge is 2.31. The number of hydrogen-bond acceptors (Lipinski definition) is 8. The summed E-state index contributed by atoms with van der Waals surface area (Å²) in [6.45, 7) is 5.80. The van der Waals surface area contributed by atoms with Gasteiger partial charge in [-0.2, -0.15) is 0 Å². The van der Waals surface area contributed by atoms with Gasteiger partial charge in [-0.1, -0.05) is 23.8 Å². The molecule has 0 aliphatic heterocycles. The number of aryl methyl sites for hydroxylation is 2. The molecule has 10 nitrogen and oxygen atoms in total. The number of hydrogen-bond donors (Lipinski definition) is 1. The van der Waals surface area contributed by atoms with Crippen LogP contribution in [0.1, 0.15) is 39.9 Å². The number of furan rings is 1. The molecule has 0 amide bonds. The van der Waals surface area contributed by atoms with Crippen LogP contribution in [-0.4, -0.2) is 50.9 Å². The number of H-pyrrole nitrogens is 1. The molecule has 0 radical (unpaired) electrons. The number of methoxy groups -OCH3 is 2. The van der Waals surface area contributed by atoms with Gasteiger partial charge in [-0.15, -0.1) is 5.10 Å². The van der Waals surface area contributed by atoms with Crippen molar-refractivity contribution in [2.24, 2.45) is 0 Å². The number of ether oxygens (including phenoxy) is 2. The fourth-order valence-corrected chi connectivity index (χ4v) is 5.00. The van der Waals surface area contributed by atoms with E-state index in [-0.39, 0.29) is 5.56 Å². The summed E-state index contributed by atoms with van der Waals surface area (Å²) in [6.07, 6.45) is 1.64. The third kappa shape index (κ3) is 5.76. The molecular formula is C29H32N6O4. The minimum Gasteiger partial charge on any atom is -0.497 e. The number of rotatable bonds is 11. The largest absolute Gasteiger partial charge is 0.497 e. The quantitative estimate of drug-likeness (QED) is 0.272. The Kier molecular flexibility index (Phi) is 7.85. The second kappa shape index (κ2) is 11.6. The highest BCUT2D eigenvalue weighted by atomic mass is 16.5. The van der Waals surface area contributed by atoms with Crippen LogP contribution in [0.25, 0.3) is 10.9 Å². The van der Waals surface area contributed by atoms with Crippen LogP contribution >= 0.6 is 0 Å². The molecule has 1 N–H and O–H groups in total. The zero-order chi connectivity index (χ0) is 27.4. The summed E-state index contributed by atoms with van der Waals surface area (Å²) in [6, 6.07) is 17.1. The summed E-state index contributed by atoms with van der Waals surface area (Å²) in [5.41, 5.74) is 4.29. The van der Waals surface area contributed by atoms with Gasteiger partial charge in [0, 0.05) is 19.2 Å². The molecule has 5 aromatic rings. The Morgan fingerprint density at radius 1 is 1.08 bits per heavy atom. The van der Waals surface area contributed by atoms with Crippen LogP contribution in [0.2, 0.25) is 0 Å². The summed E-state index contributed by atoms with van der Waals surface area (Å²) in [5.74, 6) is 2.04. The lowest BCUT2D eigenvalue weighted by molar-refractivity contribution is 0.163. The summed E-state index contributed by atoms with van der Waals surface area (Å²) >= 11 is 0. The number of nitrogens with one attached hydrogen (secondary N) is 1. The van der Waals surface area contributed by atoms with Crippen LogP contribution in [0.3, 0.4) is 0 Å². The number of nitrogens with zero attached hydrogens (tertiary/aromatic N) is 5. The van der Waals surface area contributed by atoms with Gasteiger partial charge in [0.2, 0.25) is 0 Å². The molecule has 1 atom stereocenters. The molecule has 0 saturated carbocycles. The standard InChI is InChI=1S/C29H32N6O4/c1-19-13-20(2)26-22(14-19)16-25(29(36)30-26)27(28-31-32-33-35(28)10-12-37-3)34(18-24-9-6-11-39-24)17-21-7-5-8-23(15-21)38-4/h5-9,11,13-16,27H,10,12,17-18H2,1-4H3,(H,30,36)/t27-/m0/s1. The Morgan fingerprint density at radius 2 is 1.95 bits per heavy atom. The molecule has 0 unspecified atom stereocenters. The summed E-state index contributed by atoms with van der Waals surface area (Å²) in [4.78, 5) is 19.0. The maximum Gasteiger partial charge on any atom is 0.253 e. The van der Waals surface area contributed by atoms with Crippen LogP contribution < -0.4 is 10.3 Å². The van der Waals surface area contributed by atoms with E-state index in [9.17, 15) is 4.79 Å². The van der Waals surface area contributed by atoms with E-state index >= 15 is 0 Å². The Hall–Kier alpha value is -4.28. The highest BCUT2D eigenvalue weighted by Crippen LogP contribution is 2.31. The van der Waals surface area contributed by atoms with Gasteiger partial charge in [-0.3, -0.25) is 9.69 Å². The first-order valence-corrected chi connectivity index (χ1v) is 12.8. The Balaban J connectivity index is 1.70. The van der Waals surface area contributed by atoms with Crippen molar-refractivity contribution >= 4 is 10.9 Å². The van der Waals surface area contributed by atoms with Crippen molar-refractivity contribution in [2.75, 3.05) is 20.8 Å². The molecule has 3 heterocycles. The first-order chi connectivity index (χ1) is 19.0. The molecule has 0 fully saturated rings. The number of aromatic amines is 1. The van der Waals surface area contributed by atoms with E-state index in [0.717, 1.165) is 39.1 Å². The molecule has 0 aliphatic carbocycles. The predicted octanol–water partition coefficient (Wildman–Crippen LogP) is 4.17. The number of fused-ring (bicyclic) bond motifs is 1. The lowest BCUT2D eigenvalue weighted by Gasteiger charge is -2.30. The Labute approximate surface area is 226 Å². The number of tetrazole rings is 1. The molecule has 0 saturated heterocycles. The lowest BCUT2D eigenvalue weighted by atomic mass is 10.00. The Morgan fingerprint density at radius 3 is 2.72 bits per heavy atom.